The van der Waals surface area contributed by atoms with Crippen LogP contribution in [0.25, 0.3) is 0 Å². The molecular formula is C11H17BrN2. The Hall–Kier alpha value is -0.380. The van der Waals surface area contributed by atoms with E-state index in [0.717, 1.165) is 17.3 Å². The van der Waals surface area contributed by atoms with Crippen molar-refractivity contribution in [3.63, 3.8) is 0 Å². The number of halogens is 1. The number of rotatable bonds is 4. The van der Waals surface area contributed by atoms with E-state index in [0.29, 0.717) is 6.54 Å². The Labute approximate surface area is 93.8 Å². The van der Waals surface area contributed by atoms with Crippen molar-refractivity contribution in [1.82, 2.24) is 0 Å². The van der Waals surface area contributed by atoms with E-state index >= 15 is 0 Å². The fourth-order valence-corrected chi connectivity index (χ4v) is 1.88. The minimum absolute atomic E-state index is 0.107. The third kappa shape index (κ3) is 3.08. The summed E-state index contributed by atoms with van der Waals surface area (Å²) in [5, 5.41) is 0. The van der Waals surface area contributed by atoms with Crippen LogP contribution in [-0.2, 0) is 0 Å². The topological polar surface area (TPSA) is 52.0 Å². The average Bonchev–Trinajstić information content (AvgIpc) is 2.18. The van der Waals surface area contributed by atoms with Crippen molar-refractivity contribution in [2.75, 3.05) is 6.54 Å². The molecule has 1 aromatic carbocycles. The van der Waals surface area contributed by atoms with Gasteiger partial charge >= 0.3 is 0 Å². The third-order valence-electron chi connectivity index (χ3n) is 2.36. The minimum atomic E-state index is 0.107. The van der Waals surface area contributed by atoms with Crippen molar-refractivity contribution in [2.45, 2.75) is 25.8 Å². The van der Waals surface area contributed by atoms with Gasteiger partial charge in [-0.05, 0) is 49.6 Å². The number of nitrogens with two attached hydrogens (primary N) is 2. The first-order chi connectivity index (χ1) is 6.65. The van der Waals surface area contributed by atoms with Gasteiger partial charge in [-0.3, -0.25) is 0 Å². The van der Waals surface area contributed by atoms with Crippen molar-refractivity contribution in [2.24, 2.45) is 11.5 Å². The highest BCUT2D eigenvalue weighted by molar-refractivity contribution is 9.10. The van der Waals surface area contributed by atoms with Gasteiger partial charge in [-0.25, -0.2) is 0 Å². The van der Waals surface area contributed by atoms with Crippen molar-refractivity contribution in [3.05, 3.63) is 33.8 Å². The van der Waals surface area contributed by atoms with Crippen LogP contribution in [-0.4, -0.2) is 6.54 Å². The van der Waals surface area contributed by atoms with Crippen LogP contribution < -0.4 is 11.5 Å². The predicted molar refractivity (Wildman–Crippen MR) is 64.1 cm³/mol. The average molecular weight is 257 g/mol. The molecule has 0 spiro atoms. The number of aryl methyl sites for hydroxylation is 1. The molecule has 14 heavy (non-hydrogen) atoms. The van der Waals surface area contributed by atoms with E-state index in [2.05, 4.69) is 35.0 Å². The second-order valence-corrected chi connectivity index (χ2v) is 4.45. The molecule has 0 aliphatic rings. The molecule has 0 aliphatic heterocycles. The second kappa shape index (κ2) is 5.49. The molecule has 1 aromatic rings. The highest BCUT2D eigenvalue weighted by Gasteiger charge is 2.08. The number of hydrogen-bond acceptors (Lipinski definition) is 2. The van der Waals surface area contributed by atoms with Gasteiger partial charge in [-0.15, -0.1) is 0 Å². The minimum Gasteiger partial charge on any atom is -0.330 e. The normalized spacial score (nSPS) is 12.9. The van der Waals surface area contributed by atoms with Crippen LogP contribution in [0.1, 0.15) is 30.0 Å². The maximum atomic E-state index is 6.07. The Bertz CT molecular complexity index is 299. The molecule has 0 bridgehead atoms. The lowest BCUT2D eigenvalue weighted by Crippen LogP contribution is -2.13. The van der Waals surface area contributed by atoms with Gasteiger partial charge in [0.15, 0.2) is 0 Å². The lowest BCUT2D eigenvalue weighted by Gasteiger charge is -2.14. The van der Waals surface area contributed by atoms with E-state index in [9.17, 15) is 0 Å². The molecule has 0 amide bonds. The Morgan fingerprint density at radius 2 is 2.14 bits per heavy atom. The molecule has 0 fully saturated rings. The molecule has 0 aromatic heterocycles. The summed E-state index contributed by atoms with van der Waals surface area (Å²) in [7, 11) is 0. The van der Waals surface area contributed by atoms with Crippen molar-refractivity contribution >= 4 is 15.9 Å². The molecule has 3 heteroatoms. The molecule has 1 unspecified atom stereocenters. The quantitative estimate of drug-likeness (QED) is 0.870. The molecule has 0 aliphatic carbocycles. The van der Waals surface area contributed by atoms with Gasteiger partial charge in [0.25, 0.3) is 0 Å². The van der Waals surface area contributed by atoms with Crippen molar-refractivity contribution < 1.29 is 0 Å². The van der Waals surface area contributed by atoms with Crippen LogP contribution in [0.5, 0.6) is 0 Å². The first kappa shape index (κ1) is 11.7. The zero-order valence-electron chi connectivity index (χ0n) is 8.46. The van der Waals surface area contributed by atoms with Crippen LogP contribution in [0, 0.1) is 6.92 Å². The summed E-state index contributed by atoms with van der Waals surface area (Å²) in [4.78, 5) is 0. The van der Waals surface area contributed by atoms with E-state index in [4.69, 9.17) is 11.5 Å². The van der Waals surface area contributed by atoms with E-state index in [1.807, 2.05) is 6.07 Å². The summed E-state index contributed by atoms with van der Waals surface area (Å²) in [6.07, 6.45) is 1.93. The monoisotopic (exact) mass is 256 g/mol. The number of hydrogen-bond donors (Lipinski definition) is 2. The summed E-state index contributed by atoms with van der Waals surface area (Å²) < 4.78 is 1.08. The van der Waals surface area contributed by atoms with E-state index in [-0.39, 0.29) is 6.04 Å². The largest absolute Gasteiger partial charge is 0.330 e. The Morgan fingerprint density at radius 1 is 1.43 bits per heavy atom. The van der Waals surface area contributed by atoms with Gasteiger partial charge in [-0.1, -0.05) is 22.0 Å². The highest BCUT2D eigenvalue weighted by atomic mass is 79.9. The lowest BCUT2D eigenvalue weighted by molar-refractivity contribution is 0.615. The summed E-state index contributed by atoms with van der Waals surface area (Å²) in [5.74, 6) is 0. The standard InChI is InChI=1S/C11H17BrN2/c1-8-4-5-9(12)7-10(8)11(14)3-2-6-13/h4-5,7,11H,2-3,6,13-14H2,1H3. The van der Waals surface area contributed by atoms with E-state index in [1.165, 1.54) is 11.1 Å². The van der Waals surface area contributed by atoms with Gasteiger partial charge in [0.05, 0.1) is 0 Å². The summed E-state index contributed by atoms with van der Waals surface area (Å²) >= 11 is 3.45. The maximum Gasteiger partial charge on any atom is 0.0298 e. The van der Waals surface area contributed by atoms with E-state index < -0.39 is 0 Å². The van der Waals surface area contributed by atoms with Gasteiger partial charge in [0.1, 0.15) is 0 Å². The molecule has 78 valence electrons. The van der Waals surface area contributed by atoms with Gasteiger partial charge in [0, 0.05) is 10.5 Å². The highest BCUT2D eigenvalue weighted by Crippen LogP contribution is 2.23. The molecule has 0 saturated carbocycles. The van der Waals surface area contributed by atoms with E-state index in [1.54, 1.807) is 0 Å². The summed E-state index contributed by atoms with van der Waals surface area (Å²) in [6, 6.07) is 6.32. The van der Waals surface area contributed by atoms with Crippen LogP contribution in [0.15, 0.2) is 22.7 Å². The zero-order valence-corrected chi connectivity index (χ0v) is 10.0. The lowest BCUT2D eigenvalue weighted by atomic mass is 9.98. The zero-order chi connectivity index (χ0) is 10.6. The molecular weight excluding hydrogens is 240 g/mol. The first-order valence-electron chi connectivity index (χ1n) is 4.87. The maximum absolute atomic E-state index is 6.07. The van der Waals surface area contributed by atoms with Crippen LogP contribution in [0.3, 0.4) is 0 Å². The summed E-state index contributed by atoms with van der Waals surface area (Å²) in [6.45, 7) is 2.80. The second-order valence-electron chi connectivity index (χ2n) is 3.54. The Kier molecular flexibility index (Phi) is 4.58. The Balaban J connectivity index is 2.77. The SMILES string of the molecule is Cc1ccc(Br)cc1C(N)CCCN. The Morgan fingerprint density at radius 3 is 2.79 bits per heavy atom. The predicted octanol–water partition coefficient (Wildman–Crippen LogP) is 2.50. The molecule has 4 N–H and O–H groups in total. The number of benzene rings is 1. The van der Waals surface area contributed by atoms with Gasteiger partial charge in [-0.2, -0.15) is 0 Å². The fourth-order valence-electron chi connectivity index (χ4n) is 1.50. The molecule has 0 radical (unpaired) electrons. The summed E-state index contributed by atoms with van der Waals surface area (Å²) in [5.41, 5.74) is 14.0. The van der Waals surface area contributed by atoms with Gasteiger partial charge in [0.2, 0.25) is 0 Å². The van der Waals surface area contributed by atoms with Crippen LogP contribution >= 0.6 is 15.9 Å². The fraction of sp³-hybridized carbons (Fsp3) is 0.455. The molecule has 2 nitrogen and oxygen atoms in total. The molecule has 1 atom stereocenters. The van der Waals surface area contributed by atoms with Gasteiger partial charge < -0.3 is 11.5 Å². The molecule has 1 rings (SSSR count). The van der Waals surface area contributed by atoms with Crippen LogP contribution in [0.2, 0.25) is 0 Å². The molecule has 0 saturated heterocycles. The van der Waals surface area contributed by atoms with Crippen LogP contribution in [0.4, 0.5) is 0 Å². The smallest absolute Gasteiger partial charge is 0.0298 e. The van der Waals surface area contributed by atoms with Crippen molar-refractivity contribution in [3.8, 4) is 0 Å². The van der Waals surface area contributed by atoms with Crippen molar-refractivity contribution in [1.29, 1.82) is 0 Å². The third-order valence-corrected chi connectivity index (χ3v) is 2.85. The first-order valence-corrected chi connectivity index (χ1v) is 5.66. The molecule has 0 heterocycles.